The van der Waals surface area contributed by atoms with Gasteiger partial charge in [-0.05, 0) is 30.9 Å². The summed E-state index contributed by atoms with van der Waals surface area (Å²) in [6, 6.07) is 1.03. The van der Waals surface area contributed by atoms with E-state index in [1.54, 1.807) is 0 Å². The van der Waals surface area contributed by atoms with Gasteiger partial charge >= 0.3 is 0 Å². The molecule has 1 saturated carbocycles. The molecule has 0 aromatic rings. The molecule has 2 unspecified atom stereocenters. The Morgan fingerprint density at radius 3 is 2.70 bits per heavy atom. The van der Waals surface area contributed by atoms with Crippen LogP contribution in [-0.2, 0) is 4.79 Å². The molecule has 0 radical (unpaired) electrons. The maximum Gasteiger partial charge on any atom is 0.136 e. The minimum atomic E-state index is -1.20. The van der Waals surface area contributed by atoms with Crippen molar-refractivity contribution < 1.29 is 9.90 Å². The van der Waals surface area contributed by atoms with E-state index in [0.29, 0.717) is 25.0 Å². The molecule has 1 N–H and O–H groups in total. The summed E-state index contributed by atoms with van der Waals surface area (Å²) in [4.78, 5) is 12.0. The van der Waals surface area contributed by atoms with Gasteiger partial charge in [0.15, 0.2) is 0 Å². The number of hydrogen-bond donors (Lipinski definition) is 1. The number of carbonyl (C=O) groups is 1. The van der Waals surface area contributed by atoms with Gasteiger partial charge in [-0.3, -0.25) is 4.79 Å². The second-order valence-corrected chi connectivity index (χ2v) is 12.8. The molecule has 20 heavy (non-hydrogen) atoms. The number of aliphatic hydroxyl groups is 1. The predicted octanol–water partition coefficient (Wildman–Crippen LogP) is 4.33. The van der Waals surface area contributed by atoms with Crippen molar-refractivity contribution in [3.05, 3.63) is 17.9 Å². The molecule has 2 nitrogen and oxygen atoms in total. The topological polar surface area (TPSA) is 37.3 Å². The lowest BCUT2D eigenvalue weighted by molar-refractivity contribution is -0.123. The number of carbonyl (C=O) groups excluding carboxylic acids is 1. The van der Waals surface area contributed by atoms with Crippen LogP contribution in [0.25, 0.3) is 0 Å². The molecule has 1 aliphatic carbocycles. The van der Waals surface area contributed by atoms with Gasteiger partial charge < -0.3 is 5.11 Å². The Bertz CT molecular complexity index is 375. The van der Waals surface area contributed by atoms with E-state index < -0.39 is 14.2 Å². The molecule has 1 fully saturated rings. The Morgan fingerprint density at radius 1 is 1.40 bits per heavy atom. The standard InChI is InChI=1S/C17H30O2Si/c1-5-14(13-20(2,3)4)11-16(18)12-15-9-7-6-8-10-17(15)19/h15-16,18H,1,6-13H2,2-4H3. The fourth-order valence-electron chi connectivity index (χ4n) is 3.02. The lowest BCUT2D eigenvalue weighted by atomic mass is 9.90. The molecule has 1 rings (SSSR count). The number of Topliss-reactive ketones (excluding diaryl/α,β-unsaturated/α-hetero) is 1. The lowest BCUT2D eigenvalue weighted by Gasteiger charge is -2.21. The van der Waals surface area contributed by atoms with Crippen molar-refractivity contribution in [1.82, 2.24) is 0 Å². The average Bonchev–Trinajstić information content (AvgIpc) is 2.52. The van der Waals surface area contributed by atoms with Crippen molar-refractivity contribution >= 4 is 13.9 Å². The van der Waals surface area contributed by atoms with Crippen molar-refractivity contribution in [2.75, 3.05) is 0 Å². The summed E-state index contributed by atoms with van der Waals surface area (Å²) in [6.07, 6.45) is 5.82. The monoisotopic (exact) mass is 294 g/mol. The van der Waals surface area contributed by atoms with Gasteiger partial charge in [-0.1, -0.05) is 39.1 Å². The van der Waals surface area contributed by atoms with Crippen LogP contribution in [0.1, 0.15) is 44.9 Å². The van der Waals surface area contributed by atoms with Crippen LogP contribution in [0.4, 0.5) is 0 Å². The Kier molecular flexibility index (Phi) is 6.94. The Balaban J connectivity index is 2.51. The molecular weight excluding hydrogens is 264 g/mol. The summed E-state index contributed by atoms with van der Waals surface area (Å²) >= 11 is 0. The molecule has 0 aliphatic heterocycles. The van der Waals surface area contributed by atoms with E-state index in [-0.39, 0.29) is 5.92 Å². The molecule has 0 aromatic carbocycles. The molecule has 0 bridgehead atoms. The fourth-order valence-corrected chi connectivity index (χ4v) is 4.57. The van der Waals surface area contributed by atoms with Crippen LogP contribution in [0, 0.1) is 5.92 Å². The molecule has 0 aromatic heterocycles. The van der Waals surface area contributed by atoms with E-state index in [0.717, 1.165) is 37.3 Å². The molecule has 0 heterocycles. The Labute approximate surface area is 125 Å². The third-order valence-electron chi connectivity index (χ3n) is 3.96. The number of aliphatic hydroxyl groups excluding tert-OH is 1. The van der Waals surface area contributed by atoms with Crippen LogP contribution in [0.15, 0.2) is 17.9 Å². The van der Waals surface area contributed by atoms with E-state index in [1.807, 2.05) is 0 Å². The van der Waals surface area contributed by atoms with E-state index >= 15 is 0 Å². The predicted molar refractivity (Wildman–Crippen MR) is 87.6 cm³/mol. The molecule has 3 heteroatoms. The summed E-state index contributed by atoms with van der Waals surface area (Å²) in [5, 5.41) is 10.3. The molecule has 114 valence electrons. The lowest BCUT2D eigenvalue weighted by Crippen LogP contribution is -2.23. The molecule has 0 saturated heterocycles. The van der Waals surface area contributed by atoms with Gasteiger partial charge in [0.05, 0.1) is 6.10 Å². The van der Waals surface area contributed by atoms with Crippen LogP contribution in [-0.4, -0.2) is 25.1 Å². The Morgan fingerprint density at radius 2 is 2.10 bits per heavy atom. The second kappa shape index (κ2) is 7.97. The van der Waals surface area contributed by atoms with Crippen molar-refractivity contribution in [2.24, 2.45) is 5.92 Å². The molecular formula is C17H30O2Si. The maximum atomic E-state index is 12.0. The normalized spacial score (nSPS) is 22.0. The summed E-state index contributed by atoms with van der Waals surface area (Å²) in [5.41, 5.74) is 4.14. The van der Waals surface area contributed by atoms with Crippen molar-refractivity contribution in [2.45, 2.75) is 76.7 Å². The van der Waals surface area contributed by atoms with Crippen LogP contribution in [0.3, 0.4) is 0 Å². The SMILES string of the molecule is C=C=C(CC(O)CC1CCCCCC1=O)C[Si](C)(C)C. The molecule has 0 spiro atoms. The van der Waals surface area contributed by atoms with Crippen molar-refractivity contribution in [1.29, 1.82) is 0 Å². The van der Waals surface area contributed by atoms with E-state index in [4.69, 9.17) is 0 Å². The second-order valence-electron chi connectivity index (χ2n) is 7.37. The summed E-state index contributed by atoms with van der Waals surface area (Å²) in [5.74, 6) is 0.432. The quantitative estimate of drug-likeness (QED) is 0.450. The van der Waals surface area contributed by atoms with Crippen LogP contribution in [0.5, 0.6) is 0 Å². The smallest absolute Gasteiger partial charge is 0.136 e. The number of rotatable bonds is 6. The van der Waals surface area contributed by atoms with Crippen LogP contribution < -0.4 is 0 Å². The van der Waals surface area contributed by atoms with Gasteiger partial charge in [-0.2, -0.15) is 0 Å². The van der Waals surface area contributed by atoms with Gasteiger partial charge in [0, 0.05) is 26.8 Å². The third-order valence-corrected chi connectivity index (χ3v) is 5.45. The van der Waals surface area contributed by atoms with E-state index in [2.05, 4.69) is 32.0 Å². The summed E-state index contributed by atoms with van der Waals surface area (Å²) in [6.45, 7) is 10.7. The molecule has 1 aliphatic rings. The van der Waals surface area contributed by atoms with Gasteiger partial charge in [0.2, 0.25) is 0 Å². The highest BCUT2D eigenvalue weighted by atomic mass is 28.3. The number of hydrogen-bond acceptors (Lipinski definition) is 2. The van der Waals surface area contributed by atoms with Crippen LogP contribution >= 0.6 is 0 Å². The van der Waals surface area contributed by atoms with Crippen LogP contribution in [0.2, 0.25) is 25.7 Å². The molecule has 2 atom stereocenters. The minimum absolute atomic E-state index is 0.0745. The minimum Gasteiger partial charge on any atom is -0.393 e. The first-order valence-electron chi connectivity index (χ1n) is 7.90. The van der Waals surface area contributed by atoms with Gasteiger partial charge in [0.1, 0.15) is 5.78 Å². The first-order valence-corrected chi connectivity index (χ1v) is 11.6. The fraction of sp³-hybridized carbons (Fsp3) is 0.765. The van der Waals surface area contributed by atoms with Crippen molar-refractivity contribution in [3.8, 4) is 0 Å². The highest BCUT2D eigenvalue weighted by molar-refractivity contribution is 6.76. The van der Waals surface area contributed by atoms with Gasteiger partial charge in [-0.15, -0.1) is 5.73 Å². The highest BCUT2D eigenvalue weighted by Crippen LogP contribution is 2.27. The first kappa shape index (κ1) is 17.4. The van der Waals surface area contributed by atoms with E-state index in [1.165, 1.54) is 0 Å². The average molecular weight is 295 g/mol. The first-order chi connectivity index (χ1) is 9.31. The zero-order valence-corrected chi connectivity index (χ0v) is 14.4. The third kappa shape index (κ3) is 6.69. The van der Waals surface area contributed by atoms with Crippen molar-refractivity contribution in [3.63, 3.8) is 0 Å². The zero-order valence-electron chi connectivity index (χ0n) is 13.4. The van der Waals surface area contributed by atoms with Gasteiger partial charge in [-0.25, -0.2) is 0 Å². The summed E-state index contributed by atoms with van der Waals surface area (Å²) in [7, 11) is -1.20. The number of ketones is 1. The Hall–Kier alpha value is -0.633. The van der Waals surface area contributed by atoms with E-state index in [9.17, 15) is 9.90 Å². The highest BCUT2D eigenvalue weighted by Gasteiger charge is 2.25. The zero-order chi connectivity index (χ0) is 15.2. The van der Waals surface area contributed by atoms with Gasteiger partial charge in [0.25, 0.3) is 0 Å². The maximum absolute atomic E-state index is 12.0. The largest absolute Gasteiger partial charge is 0.393 e. The summed E-state index contributed by atoms with van der Waals surface area (Å²) < 4.78 is 0. The molecule has 0 amide bonds.